The molecule has 0 aromatic carbocycles. The summed E-state index contributed by atoms with van der Waals surface area (Å²) in [6.45, 7) is 8.45. The van der Waals surface area contributed by atoms with Crippen LogP contribution in [0.4, 0.5) is 0 Å². The van der Waals surface area contributed by atoms with Gasteiger partial charge in [0.05, 0.1) is 13.2 Å². The molecule has 3 aliphatic rings. The number of carbonyl (C=O) groups excluding carboxylic acids is 1. The second-order valence-corrected chi connectivity index (χ2v) is 6.87. The molecule has 0 N–H and O–H groups in total. The molecule has 0 spiro atoms. The highest BCUT2D eigenvalue weighted by Crippen LogP contribution is 2.69. The predicted molar refractivity (Wildman–Crippen MR) is 74.2 cm³/mol. The Morgan fingerprint density at radius 2 is 2.00 bits per heavy atom. The Morgan fingerprint density at radius 3 is 2.60 bits per heavy atom. The Hall–Kier alpha value is -1.13. The van der Waals surface area contributed by atoms with Gasteiger partial charge in [0, 0.05) is 11.5 Å². The molecule has 3 heterocycles. The van der Waals surface area contributed by atoms with Crippen LogP contribution in [0.2, 0.25) is 0 Å². The lowest BCUT2D eigenvalue weighted by Gasteiger charge is -2.40. The molecule has 3 saturated heterocycles. The molecule has 3 aliphatic heterocycles. The highest BCUT2D eigenvalue weighted by molar-refractivity contribution is 5.83. The van der Waals surface area contributed by atoms with Gasteiger partial charge in [-0.3, -0.25) is 0 Å². The number of epoxide rings is 1. The number of esters is 1. The van der Waals surface area contributed by atoms with E-state index in [4.69, 9.17) is 9.47 Å². The van der Waals surface area contributed by atoms with Gasteiger partial charge in [0.15, 0.2) is 0 Å². The van der Waals surface area contributed by atoms with Crippen LogP contribution in [0.5, 0.6) is 0 Å². The third kappa shape index (κ3) is 1.58. The van der Waals surface area contributed by atoms with E-state index in [2.05, 4.69) is 31.6 Å². The van der Waals surface area contributed by atoms with Crippen molar-refractivity contribution in [3.05, 3.63) is 23.8 Å². The first kappa shape index (κ1) is 13.8. The minimum absolute atomic E-state index is 0.0292. The fourth-order valence-corrected chi connectivity index (χ4v) is 3.98. The Balaban J connectivity index is 1.89. The van der Waals surface area contributed by atoms with Crippen LogP contribution in [-0.4, -0.2) is 36.5 Å². The highest BCUT2D eigenvalue weighted by atomic mass is 16.7. The maximum Gasteiger partial charge on any atom is 0.330 e. The average molecular weight is 278 g/mol. The summed E-state index contributed by atoms with van der Waals surface area (Å²) in [6.07, 6.45) is 6.94. The van der Waals surface area contributed by atoms with Gasteiger partial charge in [-0.1, -0.05) is 19.9 Å². The van der Waals surface area contributed by atoms with Gasteiger partial charge in [0.25, 0.3) is 0 Å². The van der Waals surface area contributed by atoms with Crippen LogP contribution < -0.4 is 0 Å². The van der Waals surface area contributed by atoms with E-state index in [-0.39, 0.29) is 29.2 Å². The van der Waals surface area contributed by atoms with Crippen LogP contribution >= 0.6 is 0 Å². The van der Waals surface area contributed by atoms with E-state index in [0.717, 1.165) is 12.0 Å². The molecule has 20 heavy (non-hydrogen) atoms. The number of methoxy groups -OCH3 is 1. The summed E-state index contributed by atoms with van der Waals surface area (Å²) >= 11 is 0. The van der Waals surface area contributed by atoms with E-state index in [1.165, 1.54) is 13.2 Å². The van der Waals surface area contributed by atoms with Crippen molar-refractivity contribution >= 4 is 5.97 Å². The second kappa shape index (κ2) is 3.95. The van der Waals surface area contributed by atoms with Gasteiger partial charge in [-0.25, -0.2) is 4.79 Å². The average Bonchev–Trinajstić information content (AvgIpc) is 2.91. The molecule has 0 aromatic heterocycles. The minimum Gasteiger partial charge on any atom is -0.466 e. The normalized spacial score (nSPS) is 44.8. The lowest BCUT2D eigenvalue weighted by Crippen LogP contribution is -2.51. The minimum atomic E-state index is -0.402. The molecule has 4 heteroatoms. The molecular formula is C16H22O4. The quantitative estimate of drug-likeness (QED) is 0.344. The van der Waals surface area contributed by atoms with Crippen LogP contribution in [0.25, 0.3) is 0 Å². The van der Waals surface area contributed by atoms with Crippen molar-refractivity contribution in [1.82, 2.24) is 0 Å². The van der Waals surface area contributed by atoms with E-state index in [9.17, 15) is 4.79 Å². The SMILES string of the molecule is COC(=O)/C=C(C)/C=C/[C@@]12O[C@@H](CC1(C)C)[C@H]1O[C@]12C. The Morgan fingerprint density at radius 1 is 1.30 bits per heavy atom. The molecule has 0 amide bonds. The van der Waals surface area contributed by atoms with Crippen molar-refractivity contribution in [3.8, 4) is 0 Å². The fourth-order valence-electron chi connectivity index (χ4n) is 3.98. The summed E-state index contributed by atoms with van der Waals surface area (Å²) in [4.78, 5) is 11.3. The zero-order chi connectivity index (χ0) is 14.8. The monoisotopic (exact) mass is 278 g/mol. The van der Waals surface area contributed by atoms with Crippen molar-refractivity contribution < 1.29 is 19.0 Å². The van der Waals surface area contributed by atoms with E-state index in [1.54, 1.807) is 0 Å². The molecule has 0 unspecified atom stereocenters. The van der Waals surface area contributed by atoms with E-state index >= 15 is 0 Å². The molecule has 3 fully saturated rings. The zero-order valence-corrected chi connectivity index (χ0v) is 12.7. The van der Waals surface area contributed by atoms with Crippen LogP contribution in [-0.2, 0) is 19.0 Å². The first-order valence-corrected chi connectivity index (χ1v) is 7.07. The number of allylic oxidation sites excluding steroid dienone is 2. The fraction of sp³-hybridized carbons (Fsp3) is 0.688. The molecular weight excluding hydrogens is 256 g/mol. The second-order valence-electron chi connectivity index (χ2n) is 6.87. The smallest absolute Gasteiger partial charge is 0.330 e. The van der Waals surface area contributed by atoms with Crippen molar-refractivity contribution in [2.24, 2.45) is 5.41 Å². The molecule has 0 saturated carbocycles. The number of carbonyl (C=O) groups is 1. The predicted octanol–water partition coefficient (Wildman–Crippen LogP) is 2.39. The molecule has 4 nitrogen and oxygen atoms in total. The summed E-state index contributed by atoms with van der Waals surface area (Å²) < 4.78 is 16.8. The summed E-state index contributed by atoms with van der Waals surface area (Å²) in [5, 5.41) is 0. The summed E-state index contributed by atoms with van der Waals surface area (Å²) in [7, 11) is 1.38. The van der Waals surface area contributed by atoms with Crippen LogP contribution in [0.3, 0.4) is 0 Å². The van der Waals surface area contributed by atoms with E-state index < -0.39 is 5.60 Å². The third-order valence-corrected chi connectivity index (χ3v) is 5.11. The van der Waals surface area contributed by atoms with Gasteiger partial charge in [0.1, 0.15) is 17.3 Å². The summed E-state index contributed by atoms with van der Waals surface area (Å²) in [5.74, 6) is -0.340. The van der Waals surface area contributed by atoms with Crippen LogP contribution in [0.15, 0.2) is 23.8 Å². The molecule has 0 radical (unpaired) electrons. The number of hydrogen-bond donors (Lipinski definition) is 0. The van der Waals surface area contributed by atoms with Crippen molar-refractivity contribution in [3.63, 3.8) is 0 Å². The Kier molecular flexibility index (Phi) is 2.73. The largest absolute Gasteiger partial charge is 0.466 e. The van der Waals surface area contributed by atoms with E-state index in [0.29, 0.717) is 0 Å². The van der Waals surface area contributed by atoms with Gasteiger partial charge in [-0.05, 0) is 31.9 Å². The molecule has 3 rings (SSSR count). The number of hydrogen-bond acceptors (Lipinski definition) is 4. The molecule has 4 atom stereocenters. The van der Waals surface area contributed by atoms with Crippen molar-refractivity contribution in [1.29, 1.82) is 0 Å². The summed E-state index contributed by atoms with van der Waals surface area (Å²) in [5.41, 5.74) is 0.255. The highest BCUT2D eigenvalue weighted by Gasteiger charge is 2.82. The molecule has 110 valence electrons. The first-order valence-electron chi connectivity index (χ1n) is 7.07. The van der Waals surface area contributed by atoms with Crippen LogP contribution in [0.1, 0.15) is 34.1 Å². The topological polar surface area (TPSA) is 48.1 Å². The maximum atomic E-state index is 11.3. The number of ether oxygens (including phenoxy) is 3. The third-order valence-electron chi connectivity index (χ3n) is 5.11. The van der Waals surface area contributed by atoms with Gasteiger partial charge in [0.2, 0.25) is 0 Å². The standard InChI is InChI=1S/C16H22O4/c1-10(8-12(17)18-5)6-7-16-14(2,3)9-11(19-16)13-15(16,4)20-13/h6-8,11,13H,9H2,1-5H3/b7-6+,10-8+/t11-,13+,15+,16+/m0/s1. The molecule has 2 bridgehead atoms. The first-order chi connectivity index (χ1) is 9.26. The van der Waals surface area contributed by atoms with Crippen molar-refractivity contribution in [2.75, 3.05) is 7.11 Å². The zero-order valence-electron chi connectivity index (χ0n) is 12.7. The number of fused-ring (bicyclic) bond motifs is 5. The molecule has 0 aromatic rings. The maximum absolute atomic E-state index is 11.3. The summed E-state index contributed by atoms with van der Waals surface area (Å²) in [6, 6.07) is 0. The Bertz CT molecular complexity index is 512. The van der Waals surface area contributed by atoms with Crippen LogP contribution in [0, 0.1) is 5.41 Å². The van der Waals surface area contributed by atoms with Gasteiger partial charge in [-0.15, -0.1) is 0 Å². The lowest BCUT2D eigenvalue weighted by molar-refractivity contribution is -0.134. The molecule has 0 aliphatic carbocycles. The van der Waals surface area contributed by atoms with E-state index in [1.807, 2.05) is 13.0 Å². The number of rotatable bonds is 3. The lowest BCUT2D eigenvalue weighted by atomic mass is 9.63. The van der Waals surface area contributed by atoms with Gasteiger partial charge in [-0.2, -0.15) is 0 Å². The van der Waals surface area contributed by atoms with Gasteiger partial charge >= 0.3 is 5.97 Å². The van der Waals surface area contributed by atoms with Gasteiger partial charge < -0.3 is 14.2 Å². The Labute approximate surface area is 119 Å². The van der Waals surface area contributed by atoms with Crippen molar-refractivity contribution in [2.45, 2.75) is 57.5 Å².